The molecular weight excluding hydrogens is 247 g/mol. The lowest BCUT2D eigenvalue weighted by Crippen LogP contribution is -2.35. The molecule has 4 heteroatoms. The average molecular weight is 266 g/mol. The third kappa shape index (κ3) is 3.53. The van der Waals surface area contributed by atoms with E-state index in [0.717, 1.165) is 12.8 Å². The molecule has 0 N–H and O–H groups in total. The van der Waals surface area contributed by atoms with Gasteiger partial charge in [-0.05, 0) is 39.0 Å². The van der Waals surface area contributed by atoms with Gasteiger partial charge < -0.3 is 9.47 Å². The Hall–Kier alpha value is -1.42. The molecule has 0 spiro atoms. The topological polar surface area (TPSA) is 35.5 Å². The Balaban J connectivity index is 2.16. The zero-order chi connectivity index (χ0) is 14.0. The van der Waals surface area contributed by atoms with Crippen LogP contribution < -0.4 is 4.74 Å². The van der Waals surface area contributed by atoms with E-state index < -0.39 is 5.82 Å². The van der Waals surface area contributed by atoms with Crippen LogP contribution in [0.1, 0.15) is 44.0 Å². The number of hydrogen-bond acceptors (Lipinski definition) is 3. The summed E-state index contributed by atoms with van der Waals surface area (Å²) in [5.41, 5.74) is 0.298. The predicted molar refractivity (Wildman–Crippen MR) is 70.1 cm³/mol. The molecule has 0 saturated carbocycles. The maximum atomic E-state index is 13.2. The Morgan fingerprint density at radius 1 is 1.32 bits per heavy atom. The minimum atomic E-state index is -0.425. The summed E-state index contributed by atoms with van der Waals surface area (Å²) in [6, 6.07) is 4.06. The molecule has 19 heavy (non-hydrogen) atoms. The van der Waals surface area contributed by atoms with E-state index in [0.29, 0.717) is 11.3 Å². The quantitative estimate of drug-likeness (QED) is 0.787. The summed E-state index contributed by atoms with van der Waals surface area (Å²) in [5, 5.41) is 0. The predicted octanol–water partition coefficient (Wildman–Crippen LogP) is 3.36. The average Bonchev–Trinajstić information content (AvgIpc) is 2.30. The number of carbonyl (C=O) groups is 1. The van der Waals surface area contributed by atoms with Gasteiger partial charge in [0.2, 0.25) is 0 Å². The van der Waals surface area contributed by atoms with Gasteiger partial charge in [0.15, 0.2) is 5.78 Å². The first-order valence-corrected chi connectivity index (χ1v) is 6.58. The van der Waals surface area contributed by atoms with Gasteiger partial charge >= 0.3 is 0 Å². The van der Waals surface area contributed by atoms with E-state index in [-0.39, 0.29) is 24.1 Å². The number of Topliss-reactive ketones (excluding diaryl/α,β-unsaturated/α-hetero) is 1. The molecule has 0 aliphatic carbocycles. The summed E-state index contributed by atoms with van der Waals surface area (Å²) >= 11 is 0. The van der Waals surface area contributed by atoms with E-state index in [2.05, 4.69) is 0 Å². The number of benzene rings is 1. The highest BCUT2D eigenvalue weighted by atomic mass is 19.1. The summed E-state index contributed by atoms with van der Waals surface area (Å²) in [6.45, 7) is 5.42. The smallest absolute Gasteiger partial charge is 0.163 e. The second-order valence-electron chi connectivity index (χ2n) is 5.17. The van der Waals surface area contributed by atoms with Crippen molar-refractivity contribution in [3.05, 3.63) is 29.6 Å². The number of rotatable bonds is 3. The SMILES string of the molecule is CC(=O)c1cc(F)ccc1OC1CC(C)OC(C)C1. The zero-order valence-corrected chi connectivity index (χ0v) is 11.5. The van der Waals surface area contributed by atoms with Crippen LogP contribution in [0, 0.1) is 5.82 Å². The van der Waals surface area contributed by atoms with Crippen molar-refractivity contribution < 1.29 is 18.7 Å². The molecular formula is C15H19FO3. The Morgan fingerprint density at radius 3 is 2.53 bits per heavy atom. The second kappa shape index (κ2) is 5.70. The van der Waals surface area contributed by atoms with Crippen LogP contribution in [0.25, 0.3) is 0 Å². The highest BCUT2D eigenvalue weighted by molar-refractivity contribution is 5.96. The Labute approximate surface area is 112 Å². The Kier molecular flexibility index (Phi) is 4.20. The van der Waals surface area contributed by atoms with Gasteiger partial charge in [0.05, 0.1) is 17.8 Å². The van der Waals surface area contributed by atoms with Gasteiger partial charge in [-0.25, -0.2) is 4.39 Å². The van der Waals surface area contributed by atoms with Crippen molar-refractivity contribution in [3.8, 4) is 5.75 Å². The van der Waals surface area contributed by atoms with Crippen LogP contribution in [0.2, 0.25) is 0 Å². The first kappa shape index (κ1) is 14.0. The van der Waals surface area contributed by atoms with Gasteiger partial charge in [0.25, 0.3) is 0 Å². The van der Waals surface area contributed by atoms with E-state index in [1.165, 1.54) is 25.1 Å². The third-order valence-corrected chi connectivity index (χ3v) is 3.27. The van der Waals surface area contributed by atoms with Crippen molar-refractivity contribution in [2.75, 3.05) is 0 Å². The summed E-state index contributed by atoms with van der Waals surface area (Å²) < 4.78 is 24.7. The van der Waals surface area contributed by atoms with Crippen LogP contribution >= 0.6 is 0 Å². The van der Waals surface area contributed by atoms with Crippen LogP contribution in [0.5, 0.6) is 5.75 Å². The monoisotopic (exact) mass is 266 g/mol. The summed E-state index contributed by atoms with van der Waals surface area (Å²) in [4.78, 5) is 11.5. The van der Waals surface area contributed by atoms with E-state index in [1.807, 2.05) is 13.8 Å². The summed E-state index contributed by atoms with van der Waals surface area (Å²) in [7, 11) is 0. The first-order chi connectivity index (χ1) is 8.95. The molecule has 1 aromatic carbocycles. The van der Waals surface area contributed by atoms with Crippen LogP contribution in [0.15, 0.2) is 18.2 Å². The molecule has 1 saturated heterocycles. The Bertz CT molecular complexity index is 462. The summed E-state index contributed by atoms with van der Waals surface area (Å²) in [6.07, 6.45) is 1.82. The lowest BCUT2D eigenvalue weighted by Gasteiger charge is -2.32. The van der Waals surface area contributed by atoms with Crippen LogP contribution in [-0.4, -0.2) is 24.1 Å². The van der Waals surface area contributed by atoms with Gasteiger partial charge in [-0.2, -0.15) is 0 Å². The standard InChI is InChI=1S/C15H19FO3/c1-9-6-13(7-10(2)18-9)19-15-5-4-12(16)8-14(15)11(3)17/h4-5,8-10,13H,6-7H2,1-3H3. The molecule has 0 aromatic heterocycles. The van der Waals surface area contributed by atoms with Gasteiger partial charge in [0, 0.05) is 12.8 Å². The molecule has 2 atom stereocenters. The molecule has 0 bridgehead atoms. The van der Waals surface area contributed by atoms with Crippen LogP contribution in [-0.2, 0) is 4.74 Å². The van der Waals surface area contributed by atoms with Crippen LogP contribution in [0.4, 0.5) is 4.39 Å². The number of carbonyl (C=O) groups excluding carboxylic acids is 1. The van der Waals surface area contributed by atoms with Crippen molar-refractivity contribution in [2.24, 2.45) is 0 Å². The van der Waals surface area contributed by atoms with E-state index in [1.54, 1.807) is 0 Å². The molecule has 1 aliphatic rings. The zero-order valence-electron chi connectivity index (χ0n) is 11.5. The molecule has 1 heterocycles. The molecule has 104 valence electrons. The van der Waals surface area contributed by atoms with Gasteiger partial charge in [-0.3, -0.25) is 4.79 Å². The largest absolute Gasteiger partial charge is 0.489 e. The fourth-order valence-corrected chi connectivity index (χ4v) is 2.50. The molecule has 1 aromatic rings. The molecule has 2 unspecified atom stereocenters. The van der Waals surface area contributed by atoms with E-state index in [9.17, 15) is 9.18 Å². The maximum Gasteiger partial charge on any atom is 0.163 e. The van der Waals surface area contributed by atoms with E-state index in [4.69, 9.17) is 9.47 Å². The van der Waals surface area contributed by atoms with Gasteiger partial charge in [-0.1, -0.05) is 0 Å². The molecule has 0 radical (unpaired) electrons. The molecule has 0 amide bonds. The Morgan fingerprint density at radius 2 is 1.95 bits per heavy atom. The number of halogens is 1. The highest BCUT2D eigenvalue weighted by Crippen LogP contribution is 2.27. The van der Waals surface area contributed by atoms with Crippen LogP contribution in [0.3, 0.4) is 0 Å². The molecule has 1 fully saturated rings. The lowest BCUT2D eigenvalue weighted by atomic mass is 10.0. The first-order valence-electron chi connectivity index (χ1n) is 6.58. The fraction of sp³-hybridized carbons (Fsp3) is 0.533. The van der Waals surface area contributed by atoms with Crippen molar-refractivity contribution in [1.82, 2.24) is 0 Å². The van der Waals surface area contributed by atoms with Crippen molar-refractivity contribution >= 4 is 5.78 Å². The summed E-state index contributed by atoms with van der Waals surface area (Å²) in [5.74, 6) is -0.158. The van der Waals surface area contributed by atoms with Crippen molar-refractivity contribution in [1.29, 1.82) is 0 Å². The van der Waals surface area contributed by atoms with Crippen molar-refractivity contribution in [2.45, 2.75) is 51.9 Å². The highest BCUT2D eigenvalue weighted by Gasteiger charge is 2.26. The number of ether oxygens (including phenoxy) is 2. The lowest BCUT2D eigenvalue weighted by molar-refractivity contribution is -0.0722. The van der Waals surface area contributed by atoms with E-state index >= 15 is 0 Å². The molecule has 2 rings (SSSR count). The number of hydrogen-bond donors (Lipinski definition) is 0. The third-order valence-electron chi connectivity index (χ3n) is 3.27. The number of ketones is 1. The fourth-order valence-electron chi connectivity index (χ4n) is 2.50. The van der Waals surface area contributed by atoms with Crippen molar-refractivity contribution in [3.63, 3.8) is 0 Å². The maximum absolute atomic E-state index is 13.2. The minimum Gasteiger partial charge on any atom is -0.489 e. The minimum absolute atomic E-state index is 0.00214. The molecule has 3 nitrogen and oxygen atoms in total. The van der Waals surface area contributed by atoms with Gasteiger partial charge in [0.1, 0.15) is 17.7 Å². The normalized spacial score (nSPS) is 27.1. The van der Waals surface area contributed by atoms with Gasteiger partial charge in [-0.15, -0.1) is 0 Å². The molecule has 1 aliphatic heterocycles. The second-order valence-corrected chi connectivity index (χ2v) is 5.17.